The fraction of sp³-hybridized carbons (Fsp3) is 0.286. The quantitative estimate of drug-likeness (QED) is 0.421. The van der Waals surface area contributed by atoms with Gasteiger partial charge in [-0.3, -0.25) is 14.8 Å². The molecule has 28 heavy (non-hydrogen) atoms. The van der Waals surface area contributed by atoms with E-state index in [4.69, 9.17) is 5.21 Å². The van der Waals surface area contributed by atoms with Crippen LogP contribution < -0.4 is 10.8 Å². The van der Waals surface area contributed by atoms with Gasteiger partial charge in [-0.05, 0) is 55.7 Å². The average molecular weight is 380 g/mol. The first kappa shape index (κ1) is 19.6. The number of nitrogens with one attached hydrogen (secondary N) is 2. The summed E-state index contributed by atoms with van der Waals surface area (Å²) in [6, 6.07) is 11.6. The van der Waals surface area contributed by atoms with E-state index in [0.29, 0.717) is 13.1 Å². The molecule has 0 aliphatic carbocycles. The summed E-state index contributed by atoms with van der Waals surface area (Å²) in [5, 5.41) is 11.9. The van der Waals surface area contributed by atoms with Crippen molar-refractivity contribution in [1.29, 1.82) is 0 Å². The molecular formula is C21H24N4O3. The number of aromatic nitrogens is 1. The van der Waals surface area contributed by atoms with Gasteiger partial charge in [0.05, 0.1) is 0 Å². The van der Waals surface area contributed by atoms with E-state index in [-0.39, 0.29) is 11.9 Å². The van der Waals surface area contributed by atoms with E-state index in [0.717, 1.165) is 35.3 Å². The van der Waals surface area contributed by atoms with Crippen molar-refractivity contribution in [1.82, 2.24) is 15.4 Å². The van der Waals surface area contributed by atoms with Gasteiger partial charge in [-0.1, -0.05) is 17.7 Å². The topological polar surface area (TPSA) is 94.6 Å². The lowest BCUT2D eigenvalue weighted by molar-refractivity contribution is -0.124. The fourth-order valence-electron chi connectivity index (χ4n) is 3.11. The Morgan fingerprint density at radius 3 is 2.46 bits per heavy atom. The van der Waals surface area contributed by atoms with Gasteiger partial charge in [-0.25, -0.2) is 10.5 Å². The summed E-state index contributed by atoms with van der Waals surface area (Å²) in [5.74, 6) is 0.251. The van der Waals surface area contributed by atoms with Gasteiger partial charge in [0.25, 0.3) is 11.8 Å². The lowest BCUT2D eigenvalue weighted by atomic mass is 10.0. The molecule has 2 aromatic rings. The van der Waals surface area contributed by atoms with E-state index < -0.39 is 5.91 Å². The minimum atomic E-state index is -0.589. The van der Waals surface area contributed by atoms with E-state index in [1.807, 2.05) is 48.2 Å². The SMILES string of the molecule is Cc1ccc(C(=O)N2CCC(Nc3ccc(/C=C/C(=O)NO)cn3)CC2)cc1. The third-order valence-corrected chi connectivity index (χ3v) is 4.76. The van der Waals surface area contributed by atoms with Crippen LogP contribution in [0.5, 0.6) is 0 Å². The number of carbonyl (C=O) groups excluding carboxylic acids is 2. The molecule has 146 valence electrons. The molecule has 0 atom stereocenters. The number of likely N-dealkylation sites (tertiary alicyclic amines) is 1. The summed E-state index contributed by atoms with van der Waals surface area (Å²) in [6.45, 7) is 3.43. The number of hydroxylamine groups is 1. The number of pyridine rings is 1. The molecule has 2 amide bonds. The zero-order chi connectivity index (χ0) is 19.9. The Kier molecular flexibility index (Phi) is 6.39. The van der Waals surface area contributed by atoms with Crippen molar-refractivity contribution in [2.75, 3.05) is 18.4 Å². The van der Waals surface area contributed by atoms with Crippen molar-refractivity contribution < 1.29 is 14.8 Å². The van der Waals surface area contributed by atoms with Crippen molar-refractivity contribution in [3.63, 3.8) is 0 Å². The van der Waals surface area contributed by atoms with Gasteiger partial charge in [0.2, 0.25) is 0 Å². The maximum Gasteiger partial charge on any atom is 0.267 e. The van der Waals surface area contributed by atoms with E-state index in [1.165, 1.54) is 11.6 Å². The number of rotatable bonds is 5. The molecule has 0 bridgehead atoms. The Morgan fingerprint density at radius 1 is 1.14 bits per heavy atom. The number of aryl methyl sites for hydroxylation is 1. The van der Waals surface area contributed by atoms with Crippen LogP contribution in [-0.4, -0.2) is 46.0 Å². The highest BCUT2D eigenvalue weighted by molar-refractivity contribution is 5.94. The van der Waals surface area contributed by atoms with E-state index in [2.05, 4.69) is 10.3 Å². The third kappa shape index (κ3) is 5.17. The molecule has 1 aliphatic rings. The standard InChI is InChI=1S/C21H24N4O3/c1-15-2-6-17(7-3-15)21(27)25-12-10-18(11-13-25)23-19-8-4-16(14-22-19)5-9-20(26)24-28/h2-9,14,18,28H,10-13H2,1H3,(H,22,23)(H,24,26)/b9-5+. The minimum absolute atomic E-state index is 0.0830. The summed E-state index contributed by atoms with van der Waals surface area (Å²) in [6.07, 6.45) is 6.16. The second-order valence-corrected chi connectivity index (χ2v) is 6.86. The molecule has 3 N–H and O–H groups in total. The van der Waals surface area contributed by atoms with Crippen LogP contribution in [-0.2, 0) is 4.79 Å². The van der Waals surface area contributed by atoms with Crippen LogP contribution in [0.1, 0.15) is 34.3 Å². The number of nitrogens with zero attached hydrogens (tertiary/aromatic N) is 2. The highest BCUT2D eigenvalue weighted by Crippen LogP contribution is 2.18. The summed E-state index contributed by atoms with van der Waals surface area (Å²) in [5.41, 5.74) is 4.17. The van der Waals surface area contributed by atoms with Gasteiger partial charge in [-0.15, -0.1) is 0 Å². The highest BCUT2D eigenvalue weighted by Gasteiger charge is 2.23. The number of anilines is 1. The number of benzene rings is 1. The van der Waals surface area contributed by atoms with Crippen LogP contribution in [0, 0.1) is 6.92 Å². The second kappa shape index (κ2) is 9.14. The summed E-state index contributed by atoms with van der Waals surface area (Å²) >= 11 is 0. The van der Waals surface area contributed by atoms with Gasteiger partial charge >= 0.3 is 0 Å². The zero-order valence-electron chi connectivity index (χ0n) is 15.8. The van der Waals surface area contributed by atoms with Crippen LogP contribution in [0.2, 0.25) is 0 Å². The molecule has 3 rings (SSSR count). The molecule has 0 saturated carbocycles. The molecule has 0 unspecified atom stereocenters. The van der Waals surface area contributed by atoms with Crippen molar-refractivity contribution in [3.05, 3.63) is 65.4 Å². The molecule has 1 aromatic carbocycles. The van der Waals surface area contributed by atoms with Gasteiger partial charge in [0, 0.05) is 37.0 Å². The van der Waals surface area contributed by atoms with Crippen LogP contribution >= 0.6 is 0 Å². The van der Waals surface area contributed by atoms with Crippen LogP contribution in [0.15, 0.2) is 48.7 Å². The molecule has 1 aromatic heterocycles. The minimum Gasteiger partial charge on any atom is -0.367 e. The Labute approximate surface area is 164 Å². The van der Waals surface area contributed by atoms with Crippen molar-refractivity contribution in [2.24, 2.45) is 0 Å². The van der Waals surface area contributed by atoms with Gasteiger partial charge in [0.1, 0.15) is 5.82 Å². The molecule has 7 nitrogen and oxygen atoms in total. The fourth-order valence-corrected chi connectivity index (χ4v) is 3.11. The van der Waals surface area contributed by atoms with Crippen LogP contribution in [0.4, 0.5) is 5.82 Å². The Hall–Kier alpha value is -3.19. The summed E-state index contributed by atoms with van der Waals surface area (Å²) in [7, 11) is 0. The molecule has 1 aliphatic heterocycles. The van der Waals surface area contributed by atoms with Crippen LogP contribution in [0.25, 0.3) is 6.08 Å². The molecule has 2 heterocycles. The van der Waals surface area contributed by atoms with Crippen molar-refractivity contribution in [3.8, 4) is 0 Å². The Balaban J connectivity index is 1.50. The van der Waals surface area contributed by atoms with Crippen LogP contribution in [0.3, 0.4) is 0 Å². The third-order valence-electron chi connectivity index (χ3n) is 4.76. The summed E-state index contributed by atoms with van der Waals surface area (Å²) < 4.78 is 0. The van der Waals surface area contributed by atoms with Gasteiger partial charge in [0.15, 0.2) is 0 Å². The lowest BCUT2D eigenvalue weighted by Crippen LogP contribution is -2.42. The highest BCUT2D eigenvalue weighted by atomic mass is 16.5. The van der Waals surface area contributed by atoms with E-state index in [9.17, 15) is 9.59 Å². The molecule has 0 spiro atoms. The molecule has 0 radical (unpaired) electrons. The van der Waals surface area contributed by atoms with Gasteiger partial charge in [-0.2, -0.15) is 0 Å². The Morgan fingerprint density at radius 2 is 1.86 bits per heavy atom. The van der Waals surface area contributed by atoms with E-state index >= 15 is 0 Å². The first-order chi connectivity index (χ1) is 13.5. The second-order valence-electron chi connectivity index (χ2n) is 6.86. The average Bonchev–Trinajstić information content (AvgIpc) is 2.73. The van der Waals surface area contributed by atoms with Crippen molar-refractivity contribution >= 4 is 23.7 Å². The zero-order valence-corrected chi connectivity index (χ0v) is 15.8. The lowest BCUT2D eigenvalue weighted by Gasteiger charge is -2.32. The predicted octanol–water partition coefficient (Wildman–Crippen LogP) is 2.63. The smallest absolute Gasteiger partial charge is 0.267 e. The number of amides is 2. The van der Waals surface area contributed by atoms with Crippen molar-refractivity contribution in [2.45, 2.75) is 25.8 Å². The summed E-state index contributed by atoms with van der Waals surface area (Å²) in [4.78, 5) is 29.8. The maximum absolute atomic E-state index is 12.6. The largest absolute Gasteiger partial charge is 0.367 e. The molecule has 1 saturated heterocycles. The monoisotopic (exact) mass is 380 g/mol. The number of hydrogen-bond donors (Lipinski definition) is 3. The number of piperidine rings is 1. The normalized spacial score (nSPS) is 14.9. The van der Waals surface area contributed by atoms with E-state index in [1.54, 1.807) is 12.3 Å². The maximum atomic E-state index is 12.6. The number of hydrogen-bond acceptors (Lipinski definition) is 5. The van der Waals surface area contributed by atoms with Gasteiger partial charge < -0.3 is 10.2 Å². The molecule has 7 heteroatoms. The first-order valence-electron chi connectivity index (χ1n) is 9.26. The first-order valence-corrected chi connectivity index (χ1v) is 9.26. The predicted molar refractivity (Wildman–Crippen MR) is 107 cm³/mol. The molecule has 1 fully saturated rings. The molecular weight excluding hydrogens is 356 g/mol. The number of carbonyl (C=O) groups is 2. The Bertz CT molecular complexity index is 839.